The van der Waals surface area contributed by atoms with Crippen LogP contribution in [0.15, 0.2) is 22.3 Å². The van der Waals surface area contributed by atoms with E-state index in [1.165, 1.54) is 0 Å². The summed E-state index contributed by atoms with van der Waals surface area (Å²) in [5.74, 6) is -0.175. The standard InChI is InChI=1S/C18H27N3O4/c1-12-13(2)17(23)15(14(3)16(12)22)4-5-19-18(24)20-6-7-21-8-10-25-11-9-21/h4-11H2,1-3H3,(H2,19,20,24). The van der Waals surface area contributed by atoms with E-state index in [-0.39, 0.29) is 17.6 Å². The summed E-state index contributed by atoms with van der Waals surface area (Å²) in [4.78, 5) is 38.5. The minimum Gasteiger partial charge on any atom is -0.379 e. The van der Waals surface area contributed by atoms with E-state index in [2.05, 4.69) is 15.5 Å². The summed E-state index contributed by atoms with van der Waals surface area (Å²) in [6.07, 6.45) is 0.359. The summed E-state index contributed by atoms with van der Waals surface area (Å²) in [6.45, 7) is 9.95. The van der Waals surface area contributed by atoms with E-state index in [0.29, 0.717) is 41.8 Å². The maximum atomic E-state index is 12.3. The van der Waals surface area contributed by atoms with Gasteiger partial charge >= 0.3 is 6.03 Å². The summed E-state index contributed by atoms with van der Waals surface area (Å²) in [5.41, 5.74) is 2.00. The molecule has 1 fully saturated rings. The van der Waals surface area contributed by atoms with Gasteiger partial charge in [-0.1, -0.05) is 0 Å². The van der Waals surface area contributed by atoms with Crippen LogP contribution in [0.3, 0.4) is 0 Å². The van der Waals surface area contributed by atoms with E-state index in [1.807, 2.05) is 0 Å². The van der Waals surface area contributed by atoms with Crippen LogP contribution in [0, 0.1) is 0 Å². The number of nitrogens with one attached hydrogen (secondary N) is 2. The summed E-state index contributed by atoms with van der Waals surface area (Å²) in [6, 6.07) is -0.260. The maximum Gasteiger partial charge on any atom is 0.314 e. The van der Waals surface area contributed by atoms with Gasteiger partial charge in [0.05, 0.1) is 13.2 Å². The Hall–Kier alpha value is -1.99. The molecule has 25 heavy (non-hydrogen) atoms. The molecule has 1 saturated heterocycles. The van der Waals surface area contributed by atoms with Crippen molar-refractivity contribution in [3.05, 3.63) is 22.3 Å². The Balaban J connectivity index is 1.72. The Bertz CT molecular complexity index is 616. The maximum absolute atomic E-state index is 12.3. The first-order valence-electron chi connectivity index (χ1n) is 8.70. The van der Waals surface area contributed by atoms with Crippen molar-refractivity contribution in [2.24, 2.45) is 0 Å². The molecule has 2 N–H and O–H groups in total. The fraction of sp³-hybridized carbons (Fsp3) is 0.611. The first-order valence-corrected chi connectivity index (χ1v) is 8.70. The number of allylic oxidation sites excluding steroid dienone is 3. The highest BCUT2D eigenvalue weighted by atomic mass is 16.5. The minimum atomic E-state index is -0.260. The van der Waals surface area contributed by atoms with Crippen LogP contribution in [-0.2, 0) is 14.3 Å². The second-order valence-corrected chi connectivity index (χ2v) is 6.40. The molecule has 1 heterocycles. The zero-order chi connectivity index (χ0) is 18.4. The molecule has 7 heteroatoms. The minimum absolute atomic E-state index is 0.0814. The van der Waals surface area contributed by atoms with Crippen molar-refractivity contribution < 1.29 is 19.1 Å². The average molecular weight is 349 g/mol. The van der Waals surface area contributed by atoms with Gasteiger partial charge in [0.1, 0.15) is 0 Å². The van der Waals surface area contributed by atoms with Gasteiger partial charge in [0.15, 0.2) is 11.6 Å². The third-order valence-electron chi connectivity index (χ3n) is 4.79. The molecular formula is C18H27N3O4. The number of Topliss-reactive ketones (excluding diaryl/α,β-unsaturated/α-hetero) is 2. The Labute approximate surface area is 148 Å². The average Bonchev–Trinajstić information content (AvgIpc) is 2.62. The zero-order valence-electron chi connectivity index (χ0n) is 15.2. The number of morpholine rings is 1. The summed E-state index contributed by atoms with van der Waals surface area (Å²) >= 11 is 0. The van der Waals surface area contributed by atoms with Crippen molar-refractivity contribution in [2.45, 2.75) is 27.2 Å². The summed E-state index contributed by atoms with van der Waals surface area (Å²) in [5, 5.41) is 5.55. The lowest BCUT2D eigenvalue weighted by Gasteiger charge is -2.26. The molecule has 2 aliphatic rings. The van der Waals surface area contributed by atoms with E-state index in [0.717, 1.165) is 32.8 Å². The molecule has 0 unspecified atom stereocenters. The number of hydrogen-bond acceptors (Lipinski definition) is 5. The number of carbonyl (C=O) groups is 3. The molecule has 7 nitrogen and oxygen atoms in total. The fourth-order valence-corrected chi connectivity index (χ4v) is 2.97. The molecule has 0 atom stereocenters. The van der Waals surface area contributed by atoms with Gasteiger partial charge in [-0.25, -0.2) is 4.79 Å². The summed E-state index contributed by atoms with van der Waals surface area (Å²) in [7, 11) is 0. The van der Waals surface area contributed by atoms with Gasteiger partial charge in [0.2, 0.25) is 0 Å². The Morgan fingerprint density at radius 3 is 2.24 bits per heavy atom. The van der Waals surface area contributed by atoms with Gasteiger partial charge in [-0.2, -0.15) is 0 Å². The lowest BCUT2D eigenvalue weighted by Crippen LogP contribution is -2.44. The normalized spacial score (nSPS) is 19.5. The number of carbonyl (C=O) groups excluding carboxylic acids is 3. The van der Waals surface area contributed by atoms with E-state index in [1.54, 1.807) is 20.8 Å². The molecular weight excluding hydrogens is 322 g/mol. The van der Waals surface area contributed by atoms with Gasteiger partial charge in [0, 0.05) is 55.0 Å². The SMILES string of the molecule is CC1=C(C)C(=O)C(CCNC(=O)NCCN2CCOCC2)=C(C)C1=O. The topological polar surface area (TPSA) is 87.7 Å². The predicted octanol–water partition coefficient (Wildman–Crippen LogP) is 0.813. The van der Waals surface area contributed by atoms with Crippen LogP contribution in [0.4, 0.5) is 4.79 Å². The van der Waals surface area contributed by atoms with Gasteiger partial charge in [0.25, 0.3) is 0 Å². The lowest BCUT2D eigenvalue weighted by atomic mass is 9.84. The van der Waals surface area contributed by atoms with Gasteiger partial charge in [-0.05, 0) is 27.2 Å². The number of urea groups is 1. The van der Waals surface area contributed by atoms with Crippen molar-refractivity contribution in [3.63, 3.8) is 0 Å². The van der Waals surface area contributed by atoms with E-state index < -0.39 is 0 Å². The number of ketones is 2. The monoisotopic (exact) mass is 349 g/mol. The van der Waals surface area contributed by atoms with Gasteiger partial charge < -0.3 is 15.4 Å². The van der Waals surface area contributed by atoms with Crippen LogP contribution in [0.2, 0.25) is 0 Å². The van der Waals surface area contributed by atoms with Crippen LogP contribution in [0.1, 0.15) is 27.2 Å². The van der Waals surface area contributed by atoms with Crippen LogP contribution >= 0.6 is 0 Å². The molecule has 0 aromatic heterocycles. The Morgan fingerprint density at radius 1 is 0.960 bits per heavy atom. The molecule has 0 bridgehead atoms. The molecule has 0 saturated carbocycles. The molecule has 0 radical (unpaired) electrons. The highest BCUT2D eigenvalue weighted by Gasteiger charge is 2.27. The molecule has 0 aromatic carbocycles. The second kappa shape index (κ2) is 8.92. The second-order valence-electron chi connectivity index (χ2n) is 6.40. The summed E-state index contributed by atoms with van der Waals surface area (Å²) < 4.78 is 5.28. The van der Waals surface area contributed by atoms with Crippen LogP contribution in [-0.4, -0.2) is 68.4 Å². The molecule has 1 aliphatic heterocycles. The molecule has 2 amide bonds. The third-order valence-corrected chi connectivity index (χ3v) is 4.79. The zero-order valence-corrected chi connectivity index (χ0v) is 15.2. The van der Waals surface area contributed by atoms with Crippen molar-refractivity contribution in [1.82, 2.24) is 15.5 Å². The predicted molar refractivity (Wildman–Crippen MR) is 94.4 cm³/mol. The van der Waals surface area contributed by atoms with Crippen LogP contribution in [0.25, 0.3) is 0 Å². The molecule has 0 aromatic rings. The number of amides is 2. The quantitative estimate of drug-likeness (QED) is 0.693. The first kappa shape index (κ1) is 19.3. The molecule has 1 aliphatic carbocycles. The number of ether oxygens (including phenoxy) is 1. The van der Waals surface area contributed by atoms with Crippen molar-refractivity contribution in [3.8, 4) is 0 Å². The highest BCUT2D eigenvalue weighted by Crippen LogP contribution is 2.25. The van der Waals surface area contributed by atoms with Crippen LogP contribution < -0.4 is 10.6 Å². The van der Waals surface area contributed by atoms with Crippen LogP contribution in [0.5, 0.6) is 0 Å². The van der Waals surface area contributed by atoms with Gasteiger partial charge in [-0.15, -0.1) is 0 Å². The van der Waals surface area contributed by atoms with Crippen molar-refractivity contribution >= 4 is 17.6 Å². The van der Waals surface area contributed by atoms with E-state index in [9.17, 15) is 14.4 Å². The lowest BCUT2D eigenvalue weighted by molar-refractivity contribution is -0.116. The number of rotatable bonds is 6. The first-order chi connectivity index (χ1) is 11.9. The fourth-order valence-electron chi connectivity index (χ4n) is 2.97. The Kier molecular flexibility index (Phi) is 6.90. The number of hydrogen-bond donors (Lipinski definition) is 2. The smallest absolute Gasteiger partial charge is 0.314 e. The molecule has 0 spiro atoms. The van der Waals surface area contributed by atoms with Crippen molar-refractivity contribution in [1.29, 1.82) is 0 Å². The Morgan fingerprint density at radius 2 is 1.56 bits per heavy atom. The third kappa shape index (κ3) is 4.99. The van der Waals surface area contributed by atoms with Gasteiger partial charge in [-0.3, -0.25) is 14.5 Å². The molecule has 138 valence electrons. The largest absolute Gasteiger partial charge is 0.379 e. The molecule has 2 rings (SSSR count). The number of nitrogens with zero attached hydrogens (tertiary/aromatic N) is 1. The van der Waals surface area contributed by atoms with Crippen molar-refractivity contribution in [2.75, 3.05) is 45.9 Å². The highest BCUT2D eigenvalue weighted by molar-refractivity contribution is 6.24. The van der Waals surface area contributed by atoms with E-state index in [4.69, 9.17) is 4.74 Å². The van der Waals surface area contributed by atoms with E-state index >= 15 is 0 Å².